The number of nitrogens with zero attached hydrogens (tertiary/aromatic N) is 1. The molecule has 1 aliphatic carbocycles. The third-order valence-corrected chi connectivity index (χ3v) is 3.81. The zero-order valence-electron chi connectivity index (χ0n) is 11.8. The normalized spacial score (nSPS) is 17.1. The molecule has 3 nitrogen and oxygen atoms in total. The quantitative estimate of drug-likeness (QED) is 0.724. The maximum Gasteiger partial charge on any atom is 0.339 e. The molecular weight excluding hydrogens is 238 g/mol. The van der Waals surface area contributed by atoms with Crippen LogP contribution in [0.15, 0.2) is 12.3 Å². The van der Waals surface area contributed by atoms with E-state index in [2.05, 4.69) is 4.98 Å². The first kappa shape index (κ1) is 14.0. The Morgan fingerprint density at radius 3 is 2.37 bits per heavy atom. The predicted octanol–water partition coefficient (Wildman–Crippen LogP) is 3.70. The van der Waals surface area contributed by atoms with E-state index in [0.29, 0.717) is 5.56 Å². The third kappa shape index (κ3) is 4.05. The van der Waals surface area contributed by atoms with Crippen molar-refractivity contribution < 1.29 is 9.53 Å². The zero-order valence-corrected chi connectivity index (χ0v) is 11.8. The van der Waals surface area contributed by atoms with Gasteiger partial charge in [-0.25, -0.2) is 4.79 Å². The number of pyridine rings is 1. The number of aryl methyl sites for hydroxylation is 2. The van der Waals surface area contributed by atoms with Gasteiger partial charge >= 0.3 is 5.97 Å². The molecule has 0 atom stereocenters. The third-order valence-electron chi connectivity index (χ3n) is 3.81. The van der Waals surface area contributed by atoms with Crippen molar-refractivity contribution in [2.75, 3.05) is 7.11 Å². The topological polar surface area (TPSA) is 39.2 Å². The fraction of sp³-hybridized carbons (Fsp3) is 0.625. The minimum atomic E-state index is -0.251. The molecule has 0 unspecified atom stereocenters. The highest BCUT2D eigenvalue weighted by Gasteiger charge is 2.14. The number of carbonyl (C=O) groups is 1. The summed E-state index contributed by atoms with van der Waals surface area (Å²) >= 11 is 0. The zero-order chi connectivity index (χ0) is 13.5. The SMILES string of the molecule is COC(=O)c1cc2cnc1CCCCCCCCC2. The second kappa shape index (κ2) is 7.27. The summed E-state index contributed by atoms with van der Waals surface area (Å²) in [6, 6.07) is 1.98. The van der Waals surface area contributed by atoms with E-state index in [-0.39, 0.29) is 5.97 Å². The van der Waals surface area contributed by atoms with Crippen LogP contribution in [-0.2, 0) is 17.6 Å². The summed E-state index contributed by atoms with van der Waals surface area (Å²) in [5.74, 6) is -0.251. The fourth-order valence-electron chi connectivity index (χ4n) is 2.66. The van der Waals surface area contributed by atoms with Gasteiger partial charge in [0.2, 0.25) is 0 Å². The molecule has 0 N–H and O–H groups in total. The number of ether oxygens (including phenoxy) is 1. The first-order valence-electron chi connectivity index (χ1n) is 7.37. The van der Waals surface area contributed by atoms with Crippen molar-refractivity contribution in [1.29, 1.82) is 0 Å². The summed E-state index contributed by atoms with van der Waals surface area (Å²) in [5.41, 5.74) is 2.72. The lowest BCUT2D eigenvalue weighted by Crippen LogP contribution is -2.09. The number of hydrogen-bond acceptors (Lipinski definition) is 3. The van der Waals surface area contributed by atoms with Gasteiger partial charge in [-0.05, 0) is 37.3 Å². The Bertz CT molecular complexity index is 429. The molecule has 0 saturated heterocycles. The van der Waals surface area contributed by atoms with Crippen molar-refractivity contribution in [3.8, 4) is 0 Å². The molecule has 0 amide bonds. The number of rotatable bonds is 1. The molecule has 2 aliphatic rings. The molecule has 104 valence electrons. The summed E-state index contributed by atoms with van der Waals surface area (Å²) in [6.07, 6.45) is 12.6. The molecule has 1 aromatic heterocycles. The first-order valence-corrected chi connectivity index (χ1v) is 7.37. The van der Waals surface area contributed by atoms with Crippen molar-refractivity contribution in [3.63, 3.8) is 0 Å². The van der Waals surface area contributed by atoms with Crippen LogP contribution in [-0.4, -0.2) is 18.1 Å². The van der Waals surface area contributed by atoms with E-state index in [9.17, 15) is 4.79 Å². The first-order chi connectivity index (χ1) is 9.31. The van der Waals surface area contributed by atoms with E-state index in [1.807, 2.05) is 12.3 Å². The lowest BCUT2D eigenvalue weighted by Gasteiger charge is -2.09. The molecule has 0 saturated carbocycles. The van der Waals surface area contributed by atoms with E-state index < -0.39 is 0 Å². The van der Waals surface area contributed by atoms with Gasteiger partial charge in [0.15, 0.2) is 0 Å². The molecule has 1 aromatic rings. The van der Waals surface area contributed by atoms with Gasteiger partial charge in [-0.15, -0.1) is 0 Å². The van der Waals surface area contributed by atoms with E-state index in [1.165, 1.54) is 45.6 Å². The van der Waals surface area contributed by atoms with E-state index in [0.717, 1.165) is 30.5 Å². The Morgan fingerprint density at radius 1 is 1.05 bits per heavy atom. The molecule has 0 aromatic carbocycles. The molecule has 1 aliphatic heterocycles. The molecule has 0 radical (unpaired) electrons. The number of methoxy groups -OCH3 is 1. The largest absolute Gasteiger partial charge is 0.465 e. The van der Waals surface area contributed by atoms with Gasteiger partial charge < -0.3 is 4.74 Å². The molecule has 0 spiro atoms. The van der Waals surface area contributed by atoms with Crippen LogP contribution < -0.4 is 0 Å². The number of fused-ring (bicyclic) bond motifs is 10. The van der Waals surface area contributed by atoms with Crippen LogP contribution in [0, 0.1) is 0 Å². The molecule has 3 heteroatoms. The second-order valence-corrected chi connectivity index (χ2v) is 5.30. The fourth-order valence-corrected chi connectivity index (χ4v) is 2.66. The molecule has 2 bridgehead atoms. The van der Waals surface area contributed by atoms with Crippen molar-refractivity contribution >= 4 is 5.97 Å². The number of aromatic nitrogens is 1. The van der Waals surface area contributed by atoms with Crippen LogP contribution in [0.4, 0.5) is 0 Å². The maximum absolute atomic E-state index is 11.8. The highest BCUT2D eigenvalue weighted by atomic mass is 16.5. The smallest absolute Gasteiger partial charge is 0.339 e. The summed E-state index contributed by atoms with van der Waals surface area (Å²) < 4.78 is 4.88. The predicted molar refractivity (Wildman–Crippen MR) is 75.3 cm³/mol. The maximum atomic E-state index is 11.8. The summed E-state index contributed by atoms with van der Waals surface area (Å²) in [6.45, 7) is 0. The van der Waals surface area contributed by atoms with Gasteiger partial charge in [-0.3, -0.25) is 4.98 Å². The second-order valence-electron chi connectivity index (χ2n) is 5.30. The number of hydrogen-bond donors (Lipinski definition) is 0. The van der Waals surface area contributed by atoms with Gasteiger partial charge in [0, 0.05) is 6.20 Å². The van der Waals surface area contributed by atoms with Crippen LogP contribution >= 0.6 is 0 Å². The van der Waals surface area contributed by atoms with Crippen LogP contribution in [0.2, 0.25) is 0 Å². The Balaban J connectivity index is 2.21. The van der Waals surface area contributed by atoms with Crippen LogP contribution in [0.1, 0.15) is 66.6 Å². The molecule has 19 heavy (non-hydrogen) atoms. The average molecular weight is 261 g/mol. The van der Waals surface area contributed by atoms with Crippen molar-refractivity contribution in [1.82, 2.24) is 4.98 Å². The number of carbonyl (C=O) groups excluding carboxylic acids is 1. The van der Waals surface area contributed by atoms with Gasteiger partial charge in [0.25, 0.3) is 0 Å². The number of esters is 1. The van der Waals surface area contributed by atoms with Crippen molar-refractivity contribution in [2.24, 2.45) is 0 Å². The minimum Gasteiger partial charge on any atom is -0.465 e. The van der Waals surface area contributed by atoms with Crippen LogP contribution in [0.3, 0.4) is 0 Å². The van der Waals surface area contributed by atoms with Crippen molar-refractivity contribution in [3.05, 3.63) is 29.1 Å². The van der Waals surface area contributed by atoms with E-state index in [1.54, 1.807) is 0 Å². The summed E-state index contributed by atoms with van der Waals surface area (Å²) in [7, 11) is 1.44. The van der Waals surface area contributed by atoms with Gasteiger partial charge in [0.1, 0.15) is 0 Å². The minimum absolute atomic E-state index is 0.251. The van der Waals surface area contributed by atoms with Gasteiger partial charge in [-0.1, -0.05) is 32.1 Å². The molecule has 0 fully saturated rings. The average Bonchev–Trinajstić information content (AvgIpc) is 2.48. The Morgan fingerprint density at radius 2 is 1.68 bits per heavy atom. The standard InChI is InChI=1S/C16H23NO2/c1-19-16(18)14-11-13-9-7-5-3-2-4-6-8-10-15(14)17-12-13/h11-12H,2-10H2,1H3. The van der Waals surface area contributed by atoms with Crippen LogP contribution in [0.5, 0.6) is 0 Å². The summed E-state index contributed by atoms with van der Waals surface area (Å²) in [4.78, 5) is 16.3. The highest BCUT2D eigenvalue weighted by molar-refractivity contribution is 5.90. The van der Waals surface area contributed by atoms with Gasteiger partial charge in [-0.2, -0.15) is 0 Å². The highest BCUT2D eigenvalue weighted by Crippen LogP contribution is 2.18. The Labute approximate surface area is 115 Å². The Kier molecular flexibility index (Phi) is 5.37. The van der Waals surface area contributed by atoms with E-state index >= 15 is 0 Å². The monoisotopic (exact) mass is 261 g/mol. The van der Waals surface area contributed by atoms with Crippen molar-refractivity contribution in [2.45, 2.75) is 57.8 Å². The van der Waals surface area contributed by atoms with Gasteiger partial charge in [0.05, 0.1) is 18.4 Å². The van der Waals surface area contributed by atoms with Crippen LogP contribution in [0.25, 0.3) is 0 Å². The molecular formula is C16H23NO2. The summed E-state index contributed by atoms with van der Waals surface area (Å²) in [5, 5.41) is 0. The lowest BCUT2D eigenvalue weighted by molar-refractivity contribution is 0.0598. The Hall–Kier alpha value is -1.38. The molecule has 2 heterocycles. The molecule has 3 rings (SSSR count). The van der Waals surface area contributed by atoms with E-state index in [4.69, 9.17) is 4.74 Å². The lowest BCUT2D eigenvalue weighted by atomic mass is 10.0.